The number of nitrogens with one attached hydrogen (secondary N) is 1. The molecule has 0 aliphatic rings. The van der Waals surface area contributed by atoms with E-state index in [4.69, 9.17) is 4.74 Å². The van der Waals surface area contributed by atoms with E-state index in [9.17, 15) is 4.79 Å². The minimum Gasteiger partial charge on any atom is -0.486 e. The Morgan fingerprint density at radius 2 is 1.73 bits per heavy atom. The van der Waals surface area contributed by atoms with Gasteiger partial charge in [0.15, 0.2) is 11.0 Å². The molecule has 0 spiro atoms. The number of benzene rings is 2. The van der Waals surface area contributed by atoms with E-state index in [2.05, 4.69) is 41.5 Å². The summed E-state index contributed by atoms with van der Waals surface area (Å²) >= 11 is 1.36. The highest BCUT2D eigenvalue weighted by atomic mass is 32.2. The first-order chi connectivity index (χ1) is 14.4. The lowest BCUT2D eigenvalue weighted by molar-refractivity contribution is -0.119. The SMILES string of the molecule is CC(C)c1ccc(OCc2nnc(SCC(=O)N[C@H](C)c3ccccc3)n2C)cc1. The van der Waals surface area contributed by atoms with Gasteiger partial charge in [-0.2, -0.15) is 0 Å². The molecule has 0 unspecified atom stereocenters. The molecule has 6 nitrogen and oxygen atoms in total. The van der Waals surface area contributed by atoms with E-state index in [-0.39, 0.29) is 17.7 Å². The van der Waals surface area contributed by atoms with E-state index in [1.165, 1.54) is 17.3 Å². The zero-order chi connectivity index (χ0) is 21.5. The fourth-order valence-corrected chi connectivity index (χ4v) is 3.67. The smallest absolute Gasteiger partial charge is 0.230 e. The predicted molar refractivity (Wildman–Crippen MR) is 120 cm³/mol. The van der Waals surface area contributed by atoms with Crippen LogP contribution in [0.15, 0.2) is 59.8 Å². The molecular formula is C23H28N4O2S. The predicted octanol–water partition coefficient (Wildman–Crippen LogP) is 4.49. The highest BCUT2D eigenvalue weighted by molar-refractivity contribution is 7.99. The summed E-state index contributed by atoms with van der Waals surface area (Å²) in [5.41, 5.74) is 2.36. The molecule has 1 atom stereocenters. The fraction of sp³-hybridized carbons (Fsp3) is 0.348. The summed E-state index contributed by atoms with van der Waals surface area (Å²) in [6, 6.07) is 18.0. The standard InChI is InChI=1S/C23H28N4O2S/c1-16(2)18-10-12-20(13-11-18)29-14-21-25-26-23(27(21)4)30-15-22(28)24-17(3)19-8-6-5-7-9-19/h5-13,16-17H,14-15H2,1-4H3,(H,24,28)/t17-/m1/s1. The van der Waals surface area contributed by atoms with Gasteiger partial charge in [0.25, 0.3) is 0 Å². The number of rotatable bonds is 9. The lowest BCUT2D eigenvalue weighted by Crippen LogP contribution is -2.28. The number of carbonyl (C=O) groups is 1. The van der Waals surface area contributed by atoms with Gasteiger partial charge in [0, 0.05) is 7.05 Å². The number of nitrogens with zero attached hydrogens (tertiary/aromatic N) is 3. The van der Waals surface area contributed by atoms with Gasteiger partial charge >= 0.3 is 0 Å². The Bertz CT molecular complexity index is 955. The molecule has 0 radical (unpaired) electrons. The van der Waals surface area contributed by atoms with Crippen molar-refractivity contribution in [3.05, 3.63) is 71.5 Å². The van der Waals surface area contributed by atoms with E-state index < -0.39 is 0 Å². The van der Waals surface area contributed by atoms with Crippen LogP contribution in [-0.4, -0.2) is 26.4 Å². The lowest BCUT2D eigenvalue weighted by atomic mass is 10.0. The monoisotopic (exact) mass is 424 g/mol. The fourth-order valence-electron chi connectivity index (χ4n) is 2.93. The number of hydrogen-bond acceptors (Lipinski definition) is 5. The van der Waals surface area contributed by atoms with Gasteiger partial charge in [-0.3, -0.25) is 4.79 Å². The maximum atomic E-state index is 12.3. The molecule has 0 aliphatic carbocycles. The van der Waals surface area contributed by atoms with Crippen LogP contribution < -0.4 is 10.1 Å². The van der Waals surface area contributed by atoms with Crippen LogP contribution in [0.1, 0.15) is 49.7 Å². The third-order valence-corrected chi connectivity index (χ3v) is 5.87. The molecule has 1 aromatic heterocycles. The van der Waals surface area contributed by atoms with Crippen LogP contribution in [0.3, 0.4) is 0 Å². The van der Waals surface area contributed by atoms with Crippen molar-refractivity contribution in [1.29, 1.82) is 0 Å². The van der Waals surface area contributed by atoms with Crippen molar-refractivity contribution in [3.8, 4) is 5.75 Å². The highest BCUT2D eigenvalue weighted by Crippen LogP contribution is 2.20. The first-order valence-corrected chi connectivity index (χ1v) is 11.0. The Kier molecular flexibility index (Phi) is 7.52. The molecule has 1 heterocycles. The molecule has 1 amide bonds. The molecule has 1 N–H and O–H groups in total. The van der Waals surface area contributed by atoms with Crippen LogP contribution in [-0.2, 0) is 18.4 Å². The normalized spacial score (nSPS) is 12.0. The van der Waals surface area contributed by atoms with E-state index in [1.54, 1.807) is 0 Å². The number of carbonyl (C=O) groups excluding carboxylic acids is 1. The molecule has 0 aliphatic heterocycles. The molecule has 0 saturated carbocycles. The average Bonchev–Trinajstić information content (AvgIpc) is 3.11. The maximum Gasteiger partial charge on any atom is 0.230 e. The summed E-state index contributed by atoms with van der Waals surface area (Å²) in [6.45, 7) is 6.63. The van der Waals surface area contributed by atoms with Crippen LogP contribution in [0, 0.1) is 0 Å². The first kappa shape index (κ1) is 21.9. The number of hydrogen-bond donors (Lipinski definition) is 1. The Balaban J connectivity index is 1.49. The molecular weight excluding hydrogens is 396 g/mol. The molecule has 158 valence electrons. The van der Waals surface area contributed by atoms with Crippen molar-refractivity contribution in [1.82, 2.24) is 20.1 Å². The Morgan fingerprint density at radius 1 is 1.03 bits per heavy atom. The van der Waals surface area contributed by atoms with Crippen LogP contribution >= 0.6 is 11.8 Å². The molecule has 0 saturated heterocycles. The zero-order valence-electron chi connectivity index (χ0n) is 17.8. The largest absolute Gasteiger partial charge is 0.486 e. The van der Waals surface area contributed by atoms with Crippen LogP contribution in [0.25, 0.3) is 0 Å². The second-order valence-corrected chi connectivity index (χ2v) is 8.40. The van der Waals surface area contributed by atoms with Crippen molar-refractivity contribution < 1.29 is 9.53 Å². The van der Waals surface area contributed by atoms with Gasteiger partial charge in [-0.1, -0.05) is 68.1 Å². The van der Waals surface area contributed by atoms with Gasteiger partial charge in [0.05, 0.1) is 11.8 Å². The van der Waals surface area contributed by atoms with Gasteiger partial charge in [0.1, 0.15) is 12.4 Å². The highest BCUT2D eigenvalue weighted by Gasteiger charge is 2.14. The Morgan fingerprint density at radius 3 is 2.40 bits per heavy atom. The van der Waals surface area contributed by atoms with Crippen LogP contribution in [0.5, 0.6) is 5.75 Å². The maximum absolute atomic E-state index is 12.3. The third kappa shape index (κ3) is 5.86. The van der Waals surface area contributed by atoms with Crippen LogP contribution in [0.2, 0.25) is 0 Å². The van der Waals surface area contributed by atoms with Crippen LogP contribution in [0.4, 0.5) is 0 Å². The van der Waals surface area contributed by atoms with E-state index in [0.717, 1.165) is 11.3 Å². The Hall–Kier alpha value is -2.80. The lowest BCUT2D eigenvalue weighted by Gasteiger charge is -2.14. The molecule has 0 fully saturated rings. The summed E-state index contributed by atoms with van der Waals surface area (Å²) in [5, 5.41) is 12.1. The molecule has 2 aromatic carbocycles. The third-order valence-electron chi connectivity index (χ3n) is 4.85. The summed E-state index contributed by atoms with van der Waals surface area (Å²) in [6.07, 6.45) is 0. The second kappa shape index (κ2) is 10.3. The summed E-state index contributed by atoms with van der Waals surface area (Å²) in [5.74, 6) is 2.24. The van der Waals surface area contributed by atoms with Crippen molar-refractivity contribution >= 4 is 17.7 Å². The van der Waals surface area contributed by atoms with Gasteiger partial charge < -0.3 is 14.6 Å². The molecule has 3 rings (SSSR count). The van der Waals surface area contributed by atoms with E-state index in [1.807, 2.05) is 61.0 Å². The second-order valence-electron chi connectivity index (χ2n) is 7.46. The minimum absolute atomic E-state index is 0.0372. The summed E-state index contributed by atoms with van der Waals surface area (Å²) in [7, 11) is 1.88. The zero-order valence-corrected chi connectivity index (χ0v) is 18.6. The van der Waals surface area contributed by atoms with Gasteiger partial charge in [-0.25, -0.2) is 0 Å². The van der Waals surface area contributed by atoms with Crippen molar-refractivity contribution in [3.63, 3.8) is 0 Å². The average molecular weight is 425 g/mol. The first-order valence-electron chi connectivity index (χ1n) is 10.0. The summed E-state index contributed by atoms with van der Waals surface area (Å²) in [4.78, 5) is 12.3. The van der Waals surface area contributed by atoms with Crippen molar-refractivity contribution in [2.75, 3.05) is 5.75 Å². The number of ether oxygens (including phenoxy) is 1. The number of aromatic nitrogens is 3. The summed E-state index contributed by atoms with van der Waals surface area (Å²) < 4.78 is 7.70. The quantitative estimate of drug-likeness (QED) is 0.513. The molecule has 7 heteroatoms. The van der Waals surface area contributed by atoms with Gasteiger partial charge in [0.2, 0.25) is 5.91 Å². The van der Waals surface area contributed by atoms with Gasteiger partial charge in [-0.05, 0) is 36.1 Å². The van der Waals surface area contributed by atoms with Gasteiger partial charge in [-0.15, -0.1) is 10.2 Å². The number of thioether (sulfide) groups is 1. The van der Waals surface area contributed by atoms with Crippen molar-refractivity contribution in [2.45, 2.75) is 44.5 Å². The molecule has 3 aromatic rings. The number of amides is 1. The van der Waals surface area contributed by atoms with E-state index in [0.29, 0.717) is 23.5 Å². The van der Waals surface area contributed by atoms with E-state index >= 15 is 0 Å². The topological polar surface area (TPSA) is 69.0 Å². The molecule has 0 bridgehead atoms. The Labute approximate surface area is 182 Å². The minimum atomic E-state index is -0.0394. The van der Waals surface area contributed by atoms with Crippen molar-refractivity contribution in [2.24, 2.45) is 7.05 Å². The molecule has 30 heavy (non-hydrogen) atoms.